The molecule has 0 aliphatic carbocycles. The lowest BCUT2D eigenvalue weighted by Gasteiger charge is -2.24. The fraction of sp³-hybridized carbons (Fsp3) is 0.200. The highest BCUT2D eigenvalue weighted by atomic mass is 35.5. The molecule has 0 fully saturated rings. The van der Waals surface area contributed by atoms with E-state index in [9.17, 15) is 9.59 Å². The van der Waals surface area contributed by atoms with Crippen LogP contribution in [0, 0.1) is 0 Å². The lowest BCUT2D eigenvalue weighted by molar-refractivity contribution is 0.0949. The van der Waals surface area contributed by atoms with Crippen molar-refractivity contribution < 1.29 is 9.59 Å². The number of amides is 2. The molecular weight excluding hydrogens is 428 g/mol. The van der Waals surface area contributed by atoms with Crippen LogP contribution in [-0.4, -0.2) is 18.4 Å². The molecule has 2 amide bonds. The van der Waals surface area contributed by atoms with Gasteiger partial charge in [0.2, 0.25) is 0 Å². The number of hydrogen-bond donors (Lipinski definition) is 1. The standard InChI is InChI=1S/C25H23ClN2O2S/c1-2-3-14-27-24(29)18-10-13-23-21(15-18)28(16-17-8-11-19(26)12-9-17)25(30)20-6-4-5-7-22(20)31-23/h4-13,15H,2-3,14,16H2,1H3,(H,27,29). The van der Waals surface area contributed by atoms with Crippen molar-refractivity contribution >= 4 is 40.9 Å². The Morgan fingerprint density at radius 2 is 1.81 bits per heavy atom. The number of unbranched alkanes of at least 4 members (excludes halogenated alkanes) is 1. The number of benzene rings is 3. The van der Waals surface area contributed by atoms with E-state index in [2.05, 4.69) is 12.2 Å². The van der Waals surface area contributed by atoms with Gasteiger partial charge in [-0.2, -0.15) is 0 Å². The first-order valence-corrected chi connectivity index (χ1v) is 11.5. The predicted octanol–water partition coefficient (Wildman–Crippen LogP) is 6.18. The normalized spacial score (nSPS) is 12.7. The van der Waals surface area contributed by atoms with E-state index in [0.29, 0.717) is 29.2 Å². The Morgan fingerprint density at radius 1 is 1.03 bits per heavy atom. The number of hydrogen-bond acceptors (Lipinski definition) is 3. The topological polar surface area (TPSA) is 49.4 Å². The largest absolute Gasteiger partial charge is 0.352 e. The quantitative estimate of drug-likeness (QED) is 0.456. The first kappa shape index (κ1) is 21.5. The molecule has 3 aromatic carbocycles. The van der Waals surface area contributed by atoms with Gasteiger partial charge in [0.25, 0.3) is 11.8 Å². The number of rotatable bonds is 6. The molecule has 1 aliphatic heterocycles. The highest BCUT2D eigenvalue weighted by Gasteiger charge is 2.28. The van der Waals surface area contributed by atoms with Gasteiger partial charge in [-0.15, -0.1) is 0 Å². The maximum atomic E-state index is 13.5. The summed E-state index contributed by atoms with van der Waals surface area (Å²) in [6.07, 6.45) is 1.95. The van der Waals surface area contributed by atoms with Gasteiger partial charge in [-0.25, -0.2) is 0 Å². The van der Waals surface area contributed by atoms with Crippen molar-refractivity contribution in [3.05, 3.63) is 88.4 Å². The van der Waals surface area contributed by atoms with Crippen LogP contribution in [-0.2, 0) is 6.54 Å². The number of carbonyl (C=O) groups excluding carboxylic acids is 2. The summed E-state index contributed by atoms with van der Waals surface area (Å²) >= 11 is 7.59. The molecule has 0 bridgehead atoms. The summed E-state index contributed by atoms with van der Waals surface area (Å²) in [4.78, 5) is 29.8. The fourth-order valence-electron chi connectivity index (χ4n) is 3.47. The molecule has 1 N–H and O–H groups in total. The Balaban J connectivity index is 1.74. The number of halogens is 1. The average Bonchev–Trinajstić information content (AvgIpc) is 2.90. The third-order valence-corrected chi connectivity index (χ3v) is 6.56. The van der Waals surface area contributed by atoms with Gasteiger partial charge in [0.15, 0.2) is 0 Å². The zero-order valence-electron chi connectivity index (χ0n) is 17.2. The van der Waals surface area contributed by atoms with Crippen LogP contribution in [0.25, 0.3) is 0 Å². The molecular formula is C25H23ClN2O2S. The number of anilines is 1. The summed E-state index contributed by atoms with van der Waals surface area (Å²) in [5.41, 5.74) is 2.91. The highest BCUT2D eigenvalue weighted by molar-refractivity contribution is 7.99. The Kier molecular flexibility index (Phi) is 6.64. The van der Waals surface area contributed by atoms with Crippen LogP contribution in [0.2, 0.25) is 5.02 Å². The minimum atomic E-state index is -0.123. The zero-order chi connectivity index (χ0) is 21.8. The fourth-order valence-corrected chi connectivity index (χ4v) is 4.66. The summed E-state index contributed by atoms with van der Waals surface area (Å²) in [6, 6.07) is 20.7. The molecule has 1 heterocycles. The van der Waals surface area contributed by atoms with Crippen LogP contribution >= 0.6 is 23.4 Å². The van der Waals surface area contributed by atoms with Gasteiger partial charge in [-0.3, -0.25) is 9.59 Å². The molecule has 0 spiro atoms. The average molecular weight is 451 g/mol. The lowest BCUT2D eigenvalue weighted by atomic mass is 10.1. The molecule has 6 heteroatoms. The van der Waals surface area contributed by atoms with Gasteiger partial charge in [-0.1, -0.05) is 61.0 Å². The van der Waals surface area contributed by atoms with E-state index in [4.69, 9.17) is 11.6 Å². The summed E-state index contributed by atoms with van der Waals surface area (Å²) in [7, 11) is 0. The molecule has 4 nitrogen and oxygen atoms in total. The Labute approximate surface area is 191 Å². The summed E-state index contributed by atoms with van der Waals surface area (Å²) < 4.78 is 0. The van der Waals surface area contributed by atoms with Crippen molar-refractivity contribution in [2.24, 2.45) is 0 Å². The van der Waals surface area contributed by atoms with Gasteiger partial charge in [-0.05, 0) is 54.4 Å². The number of fused-ring (bicyclic) bond motifs is 2. The van der Waals surface area contributed by atoms with E-state index >= 15 is 0 Å². The zero-order valence-corrected chi connectivity index (χ0v) is 18.8. The van der Waals surface area contributed by atoms with Crippen molar-refractivity contribution in [3.8, 4) is 0 Å². The molecule has 0 aromatic heterocycles. The molecule has 0 saturated carbocycles. The second kappa shape index (κ2) is 9.58. The van der Waals surface area contributed by atoms with Gasteiger partial charge in [0.05, 0.1) is 17.8 Å². The molecule has 158 valence electrons. The van der Waals surface area contributed by atoms with Crippen LogP contribution in [0.4, 0.5) is 5.69 Å². The molecule has 0 radical (unpaired) electrons. The smallest absolute Gasteiger partial charge is 0.259 e. The van der Waals surface area contributed by atoms with E-state index in [-0.39, 0.29) is 11.8 Å². The maximum Gasteiger partial charge on any atom is 0.259 e. The summed E-state index contributed by atoms with van der Waals surface area (Å²) in [5.74, 6) is -0.206. The SMILES string of the molecule is CCCCNC(=O)c1ccc2c(c1)N(Cc1ccc(Cl)cc1)C(=O)c1ccccc1S2. The van der Waals surface area contributed by atoms with Gasteiger partial charge in [0.1, 0.15) is 0 Å². The molecule has 3 aromatic rings. The molecule has 4 rings (SSSR count). The minimum Gasteiger partial charge on any atom is -0.352 e. The van der Waals surface area contributed by atoms with Crippen LogP contribution in [0.1, 0.15) is 46.0 Å². The van der Waals surface area contributed by atoms with E-state index in [1.54, 1.807) is 16.7 Å². The lowest BCUT2D eigenvalue weighted by Crippen LogP contribution is -2.31. The third-order valence-electron chi connectivity index (χ3n) is 5.16. The predicted molar refractivity (Wildman–Crippen MR) is 126 cm³/mol. The van der Waals surface area contributed by atoms with Crippen LogP contribution in [0.3, 0.4) is 0 Å². The van der Waals surface area contributed by atoms with Crippen molar-refractivity contribution in [1.82, 2.24) is 5.32 Å². The highest BCUT2D eigenvalue weighted by Crippen LogP contribution is 2.42. The van der Waals surface area contributed by atoms with Gasteiger partial charge in [0, 0.05) is 26.9 Å². The summed E-state index contributed by atoms with van der Waals surface area (Å²) in [5, 5.41) is 3.61. The third kappa shape index (κ3) is 4.78. The number of nitrogens with one attached hydrogen (secondary N) is 1. The van der Waals surface area contributed by atoms with Gasteiger partial charge >= 0.3 is 0 Å². The Morgan fingerprint density at radius 3 is 2.58 bits per heavy atom. The minimum absolute atomic E-state index is 0.0830. The van der Waals surface area contributed by atoms with Crippen LogP contribution < -0.4 is 10.2 Å². The Bertz CT molecular complexity index is 1110. The second-order valence-electron chi connectivity index (χ2n) is 7.41. The number of nitrogens with zero attached hydrogens (tertiary/aromatic N) is 1. The molecule has 0 atom stereocenters. The van der Waals surface area contributed by atoms with Crippen molar-refractivity contribution in [1.29, 1.82) is 0 Å². The summed E-state index contributed by atoms with van der Waals surface area (Å²) in [6.45, 7) is 3.11. The number of carbonyl (C=O) groups is 2. The monoisotopic (exact) mass is 450 g/mol. The van der Waals surface area contributed by atoms with Crippen molar-refractivity contribution in [2.75, 3.05) is 11.4 Å². The molecule has 1 aliphatic rings. The maximum absolute atomic E-state index is 13.5. The first-order chi connectivity index (χ1) is 15.1. The molecule has 31 heavy (non-hydrogen) atoms. The molecule has 0 saturated heterocycles. The molecule has 0 unspecified atom stereocenters. The van der Waals surface area contributed by atoms with E-state index in [1.807, 2.05) is 66.7 Å². The first-order valence-electron chi connectivity index (χ1n) is 10.3. The van der Waals surface area contributed by atoms with Crippen molar-refractivity contribution in [3.63, 3.8) is 0 Å². The van der Waals surface area contributed by atoms with Gasteiger partial charge < -0.3 is 10.2 Å². The van der Waals surface area contributed by atoms with E-state index < -0.39 is 0 Å². The van der Waals surface area contributed by atoms with Crippen molar-refractivity contribution in [2.45, 2.75) is 36.1 Å². The van der Waals surface area contributed by atoms with E-state index in [0.717, 1.165) is 33.9 Å². The van der Waals surface area contributed by atoms with Crippen LogP contribution in [0.5, 0.6) is 0 Å². The second-order valence-corrected chi connectivity index (χ2v) is 8.93. The van der Waals surface area contributed by atoms with E-state index in [1.165, 1.54) is 0 Å². The Hall–Kier alpha value is -2.76. The van der Waals surface area contributed by atoms with Crippen LogP contribution in [0.15, 0.2) is 76.5 Å².